The number of aryl methyl sites for hydroxylation is 1. The van der Waals surface area contributed by atoms with Gasteiger partial charge in [0.25, 0.3) is 0 Å². The number of hydrogen-bond acceptors (Lipinski definition) is 3. The van der Waals surface area contributed by atoms with Crippen LogP contribution in [0.15, 0.2) is 6.20 Å². The fourth-order valence-corrected chi connectivity index (χ4v) is 3.46. The second kappa shape index (κ2) is 6.10. The number of alkyl halides is 3. The van der Waals surface area contributed by atoms with E-state index in [-0.39, 0.29) is 24.9 Å². The first kappa shape index (κ1) is 16.8. The van der Waals surface area contributed by atoms with Gasteiger partial charge < -0.3 is 10.2 Å². The van der Waals surface area contributed by atoms with E-state index in [0.29, 0.717) is 4.90 Å². The molecule has 2 heterocycles. The van der Waals surface area contributed by atoms with Gasteiger partial charge in [-0.05, 0) is 19.3 Å². The van der Waals surface area contributed by atoms with E-state index in [0.717, 1.165) is 30.5 Å². The first-order valence-electron chi connectivity index (χ1n) is 7.90. The van der Waals surface area contributed by atoms with Crippen molar-refractivity contribution >= 4 is 11.8 Å². The zero-order valence-corrected chi connectivity index (χ0v) is 13.3. The van der Waals surface area contributed by atoms with Gasteiger partial charge in [-0.15, -0.1) is 0 Å². The highest BCUT2D eigenvalue weighted by Crippen LogP contribution is 2.30. The SMILES string of the molecule is Cn1ncc2c1CCC[C@H]2NC(=O)[C@H]1CC(=O)N(CC(F)(F)F)C1. The van der Waals surface area contributed by atoms with Crippen molar-refractivity contribution in [3.05, 3.63) is 17.5 Å². The number of likely N-dealkylation sites (tertiary alicyclic amines) is 1. The summed E-state index contributed by atoms with van der Waals surface area (Å²) in [6.45, 7) is -1.48. The minimum Gasteiger partial charge on any atom is -0.349 e. The molecule has 2 amide bonds. The smallest absolute Gasteiger partial charge is 0.349 e. The zero-order chi connectivity index (χ0) is 17.5. The molecule has 2 atom stereocenters. The average Bonchev–Trinajstić information content (AvgIpc) is 3.03. The maximum Gasteiger partial charge on any atom is 0.406 e. The van der Waals surface area contributed by atoms with Crippen molar-refractivity contribution in [1.29, 1.82) is 0 Å². The monoisotopic (exact) mass is 344 g/mol. The van der Waals surface area contributed by atoms with E-state index in [1.807, 2.05) is 7.05 Å². The molecule has 0 spiro atoms. The molecule has 0 aromatic carbocycles. The predicted octanol–water partition coefficient (Wildman–Crippen LogP) is 1.32. The van der Waals surface area contributed by atoms with Crippen LogP contribution in [0.3, 0.4) is 0 Å². The van der Waals surface area contributed by atoms with Gasteiger partial charge in [0.15, 0.2) is 0 Å². The van der Waals surface area contributed by atoms with Crippen LogP contribution in [0.2, 0.25) is 0 Å². The van der Waals surface area contributed by atoms with Crippen LogP contribution >= 0.6 is 0 Å². The Balaban J connectivity index is 1.63. The summed E-state index contributed by atoms with van der Waals surface area (Å²) in [5, 5.41) is 7.08. The van der Waals surface area contributed by atoms with Gasteiger partial charge >= 0.3 is 6.18 Å². The standard InChI is InChI=1S/C15H19F3N4O2/c1-21-12-4-2-3-11(10(12)6-19-21)20-14(24)9-5-13(23)22(7-9)8-15(16,17)18/h6,9,11H,2-5,7-8H2,1H3,(H,20,24)/t9-,11+/m0/s1. The second-order valence-electron chi connectivity index (χ2n) is 6.41. The van der Waals surface area contributed by atoms with Crippen molar-refractivity contribution in [2.75, 3.05) is 13.1 Å². The van der Waals surface area contributed by atoms with Gasteiger partial charge in [-0.3, -0.25) is 14.3 Å². The largest absolute Gasteiger partial charge is 0.406 e. The van der Waals surface area contributed by atoms with Crippen LogP contribution in [-0.4, -0.2) is 45.8 Å². The molecule has 0 radical (unpaired) electrons. The third-order valence-corrected chi connectivity index (χ3v) is 4.65. The van der Waals surface area contributed by atoms with E-state index in [2.05, 4.69) is 10.4 Å². The van der Waals surface area contributed by atoms with E-state index >= 15 is 0 Å². The second-order valence-corrected chi connectivity index (χ2v) is 6.41. The first-order chi connectivity index (χ1) is 11.2. The summed E-state index contributed by atoms with van der Waals surface area (Å²) in [5.74, 6) is -1.73. The number of fused-ring (bicyclic) bond motifs is 1. The Kier molecular flexibility index (Phi) is 4.27. The molecule has 6 nitrogen and oxygen atoms in total. The Bertz CT molecular complexity index is 656. The normalized spacial score (nSPS) is 24.2. The van der Waals surface area contributed by atoms with Crippen LogP contribution < -0.4 is 5.32 Å². The molecule has 2 aliphatic rings. The maximum atomic E-state index is 12.4. The summed E-state index contributed by atoms with van der Waals surface area (Å²) in [4.78, 5) is 24.8. The van der Waals surface area contributed by atoms with Crippen molar-refractivity contribution < 1.29 is 22.8 Å². The van der Waals surface area contributed by atoms with Gasteiger partial charge in [-0.25, -0.2) is 0 Å². The summed E-state index contributed by atoms with van der Waals surface area (Å²) in [6.07, 6.45) is -0.350. The van der Waals surface area contributed by atoms with Crippen molar-refractivity contribution in [3.8, 4) is 0 Å². The van der Waals surface area contributed by atoms with Crippen LogP contribution in [-0.2, 0) is 23.1 Å². The molecule has 1 aromatic heterocycles. The lowest BCUT2D eigenvalue weighted by Crippen LogP contribution is -2.38. The average molecular weight is 344 g/mol. The van der Waals surface area contributed by atoms with Gasteiger partial charge in [0.2, 0.25) is 11.8 Å². The van der Waals surface area contributed by atoms with E-state index in [4.69, 9.17) is 0 Å². The summed E-state index contributed by atoms with van der Waals surface area (Å²) < 4.78 is 39.1. The Hall–Kier alpha value is -2.06. The molecule has 24 heavy (non-hydrogen) atoms. The van der Waals surface area contributed by atoms with Crippen LogP contribution in [0.5, 0.6) is 0 Å². The van der Waals surface area contributed by atoms with E-state index in [1.54, 1.807) is 10.9 Å². The highest BCUT2D eigenvalue weighted by Gasteiger charge is 2.41. The molecule has 0 saturated carbocycles. The molecule has 3 rings (SSSR count). The lowest BCUT2D eigenvalue weighted by molar-refractivity contribution is -0.157. The Morgan fingerprint density at radius 2 is 2.21 bits per heavy atom. The minimum atomic E-state index is -4.45. The number of aromatic nitrogens is 2. The molecule has 1 aromatic rings. The molecular weight excluding hydrogens is 325 g/mol. The van der Waals surface area contributed by atoms with Gasteiger partial charge in [0.05, 0.1) is 18.2 Å². The molecule has 1 N–H and O–H groups in total. The summed E-state index contributed by atoms with van der Waals surface area (Å²) in [5.41, 5.74) is 2.02. The summed E-state index contributed by atoms with van der Waals surface area (Å²) >= 11 is 0. The molecule has 0 bridgehead atoms. The number of nitrogens with zero attached hydrogens (tertiary/aromatic N) is 3. The van der Waals surface area contributed by atoms with Crippen LogP contribution in [0, 0.1) is 5.92 Å². The summed E-state index contributed by atoms with van der Waals surface area (Å²) in [7, 11) is 1.84. The lowest BCUT2D eigenvalue weighted by atomic mass is 9.92. The molecule has 1 aliphatic carbocycles. The highest BCUT2D eigenvalue weighted by atomic mass is 19.4. The highest BCUT2D eigenvalue weighted by molar-refractivity contribution is 5.89. The molecule has 1 aliphatic heterocycles. The van der Waals surface area contributed by atoms with Crippen molar-refractivity contribution in [1.82, 2.24) is 20.0 Å². The van der Waals surface area contributed by atoms with Crippen LogP contribution in [0.1, 0.15) is 36.6 Å². The van der Waals surface area contributed by atoms with Gasteiger partial charge in [0.1, 0.15) is 6.54 Å². The minimum absolute atomic E-state index is 0.172. The molecule has 1 saturated heterocycles. The number of carbonyl (C=O) groups is 2. The zero-order valence-electron chi connectivity index (χ0n) is 13.3. The third kappa shape index (κ3) is 3.39. The molecular formula is C15H19F3N4O2. The Morgan fingerprint density at radius 1 is 1.46 bits per heavy atom. The number of hydrogen-bond donors (Lipinski definition) is 1. The van der Waals surface area contributed by atoms with Gasteiger partial charge in [-0.1, -0.05) is 0 Å². The van der Waals surface area contributed by atoms with E-state index in [1.165, 1.54) is 0 Å². The maximum absolute atomic E-state index is 12.4. The molecule has 132 valence electrons. The number of nitrogens with one attached hydrogen (secondary N) is 1. The molecule has 1 fully saturated rings. The van der Waals surface area contributed by atoms with E-state index < -0.39 is 24.5 Å². The lowest BCUT2D eigenvalue weighted by Gasteiger charge is -2.25. The molecule has 9 heteroatoms. The number of amides is 2. The van der Waals surface area contributed by atoms with Crippen LogP contribution in [0.4, 0.5) is 13.2 Å². The quantitative estimate of drug-likeness (QED) is 0.899. The fourth-order valence-electron chi connectivity index (χ4n) is 3.46. The number of halogens is 3. The Morgan fingerprint density at radius 3 is 2.92 bits per heavy atom. The number of rotatable bonds is 3. The topological polar surface area (TPSA) is 67.2 Å². The van der Waals surface area contributed by atoms with E-state index in [9.17, 15) is 22.8 Å². The van der Waals surface area contributed by atoms with Crippen molar-refractivity contribution in [3.63, 3.8) is 0 Å². The summed E-state index contributed by atoms with van der Waals surface area (Å²) in [6, 6.07) is -0.193. The Labute approximate surface area is 137 Å². The van der Waals surface area contributed by atoms with Crippen LogP contribution in [0.25, 0.3) is 0 Å². The molecule has 0 unspecified atom stereocenters. The van der Waals surface area contributed by atoms with Gasteiger partial charge in [0, 0.05) is 31.3 Å². The fraction of sp³-hybridized carbons (Fsp3) is 0.667. The van der Waals surface area contributed by atoms with Gasteiger partial charge in [-0.2, -0.15) is 18.3 Å². The predicted molar refractivity (Wildman–Crippen MR) is 77.8 cm³/mol. The van der Waals surface area contributed by atoms with Crippen molar-refractivity contribution in [2.45, 2.75) is 37.9 Å². The first-order valence-corrected chi connectivity index (χ1v) is 7.90. The number of carbonyl (C=O) groups excluding carboxylic acids is 2. The third-order valence-electron chi connectivity index (χ3n) is 4.65. The van der Waals surface area contributed by atoms with Crippen molar-refractivity contribution in [2.24, 2.45) is 13.0 Å².